The first-order valence-electron chi connectivity index (χ1n) is 9.51. The number of piperazine rings is 1. The summed E-state index contributed by atoms with van der Waals surface area (Å²) in [5, 5.41) is 9.99. The number of aromatic nitrogens is 3. The monoisotopic (exact) mass is 408 g/mol. The molecule has 1 N–H and O–H groups in total. The average Bonchev–Trinajstić information content (AvgIpc) is 3.10. The lowest BCUT2D eigenvalue weighted by atomic mass is 10.2. The van der Waals surface area contributed by atoms with Crippen molar-refractivity contribution in [2.75, 3.05) is 32.7 Å². The molecular formula is C19H27ClN5OS+. The molecule has 1 fully saturated rings. The van der Waals surface area contributed by atoms with Crippen molar-refractivity contribution in [1.82, 2.24) is 19.7 Å². The number of carbonyl (C=O) groups is 1. The molecule has 0 spiro atoms. The van der Waals surface area contributed by atoms with Gasteiger partial charge in [0.25, 0.3) is 0 Å². The maximum Gasteiger partial charge on any atom is 0.236 e. The lowest BCUT2D eigenvalue weighted by Crippen LogP contribution is -3.14. The van der Waals surface area contributed by atoms with Crippen molar-refractivity contribution in [3.8, 4) is 11.4 Å². The van der Waals surface area contributed by atoms with E-state index in [4.69, 9.17) is 11.6 Å². The van der Waals surface area contributed by atoms with Crippen molar-refractivity contribution in [3.05, 3.63) is 29.3 Å². The Morgan fingerprint density at radius 3 is 2.48 bits per heavy atom. The molecule has 1 saturated heterocycles. The first kappa shape index (κ1) is 20.2. The molecule has 0 bridgehead atoms. The van der Waals surface area contributed by atoms with Gasteiger partial charge in [0.05, 0.1) is 38.0 Å². The summed E-state index contributed by atoms with van der Waals surface area (Å²) in [5.74, 6) is 0.991. The van der Waals surface area contributed by atoms with Crippen molar-refractivity contribution in [3.63, 3.8) is 0 Å². The number of hydrogen-bond donors (Lipinski definition) is 1. The number of hydrogen-bond acceptors (Lipinski definition) is 4. The minimum Gasteiger partial charge on any atom is -0.332 e. The molecule has 2 heterocycles. The second kappa shape index (κ2) is 9.08. The molecule has 0 saturated carbocycles. The Balaban J connectivity index is 1.70. The highest BCUT2D eigenvalue weighted by molar-refractivity contribution is 8.00. The van der Waals surface area contributed by atoms with Crippen LogP contribution in [0.25, 0.3) is 11.4 Å². The van der Waals surface area contributed by atoms with Crippen molar-refractivity contribution in [1.29, 1.82) is 0 Å². The van der Waals surface area contributed by atoms with Crippen molar-refractivity contribution in [2.24, 2.45) is 0 Å². The molecule has 1 atom stereocenters. The average molecular weight is 409 g/mol. The van der Waals surface area contributed by atoms with E-state index in [1.807, 2.05) is 36.1 Å². The lowest BCUT2D eigenvalue weighted by Gasteiger charge is -2.32. The van der Waals surface area contributed by atoms with E-state index in [1.165, 1.54) is 11.8 Å². The third-order valence-electron chi connectivity index (χ3n) is 5.05. The third-order valence-corrected chi connectivity index (χ3v) is 6.37. The van der Waals surface area contributed by atoms with E-state index < -0.39 is 0 Å². The highest BCUT2D eigenvalue weighted by Crippen LogP contribution is 2.28. The molecule has 6 nitrogen and oxygen atoms in total. The minimum atomic E-state index is -0.180. The van der Waals surface area contributed by atoms with Crippen LogP contribution in [0.15, 0.2) is 29.4 Å². The first-order chi connectivity index (χ1) is 13.0. The zero-order valence-electron chi connectivity index (χ0n) is 16.1. The quantitative estimate of drug-likeness (QED) is 0.741. The summed E-state index contributed by atoms with van der Waals surface area (Å²) in [5.41, 5.74) is 0.971. The SMILES string of the molecule is CCn1c(S[C@H](C)C(=O)N2CC[NH+](CC)CC2)nnc1-c1ccc(Cl)cc1. The number of rotatable bonds is 6. The number of thioether (sulfide) groups is 1. The molecule has 0 radical (unpaired) electrons. The molecule has 1 aliphatic heterocycles. The minimum absolute atomic E-state index is 0.180. The van der Waals surface area contributed by atoms with Gasteiger partial charge < -0.3 is 14.4 Å². The van der Waals surface area contributed by atoms with Crippen LogP contribution in [0.3, 0.4) is 0 Å². The second-order valence-electron chi connectivity index (χ2n) is 6.75. The molecule has 1 aliphatic rings. The Labute approximate surface area is 169 Å². The normalized spacial score (nSPS) is 16.5. The van der Waals surface area contributed by atoms with Gasteiger partial charge in [-0.1, -0.05) is 23.4 Å². The van der Waals surface area contributed by atoms with E-state index in [0.717, 1.165) is 55.8 Å². The Bertz CT molecular complexity index is 771. The molecule has 3 rings (SSSR count). The molecule has 1 amide bonds. The number of benzene rings is 1. The Kier molecular flexibility index (Phi) is 6.78. The number of amides is 1. The molecule has 0 aliphatic carbocycles. The van der Waals surface area contributed by atoms with Gasteiger partial charge in [-0.15, -0.1) is 10.2 Å². The Morgan fingerprint density at radius 1 is 1.22 bits per heavy atom. The van der Waals surface area contributed by atoms with Crippen LogP contribution in [0.1, 0.15) is 20.8 Å². The summed E-state index contributed by atoms with van der Waals surface area (Å²) in [6.07, 6.45) is 0. The van der Waals surface area contributed by atoms with Crippen LogP contribution in [-0.2, 0) is 11.3 Å². The van der Waals surface area contributed by atoms with Crippen LogP contribution < -0.4 is 4.90 Å². The van der Waals surface area contributed by atoms with E-state index in [9.17, 15) is 4.79 Å². The number of quaternary nitrogens is 1. The fourth-order valence-corrected chi connectivity index (χ4v) is 4.46. The van der Waals surface area contributed by atoms with Gasteiger partial charge in [0.1, 0.15) is 0 Å². The third kappa shape index (κ3) is 4.65. The topological polar surface area (TPSA) is 55.5 Å². The molecule has 2 aromatic rings. The second-order valence-corrected chi connectivity index (χ2v) is 8.49. The number of nitrogens with zero attached hydrogens (tertiary/aromatic N) is 4. The number of likely N-dealkylation sites (N-methyl/N-ethyl adjacent to an activating group) is 1. The standard InChI is InChI=1S/C19H26ClN5OS/c1-4-23-10-12-24(13-11-23)18(26)14(3)27-19-22-21-17(25(19)5-2)15-6-8-16(20)9-7-15/h6-9,14H,4-5,10-13H2,1-3H3/p+1/t14-/m1/s1. The van der Waals surface area contributed by atoms with Crippen LogP contribution in [0, 0.1) is 0 Å². The van der Waals surface area contributed by atoms with Crippen molar-refractivity contribution < 1.29 is 9.69 Å². The largest absolute Gasteiger partial charge is 0.332 e. The molecule has 146 valence electrons. The zero-order chi connectivity index (χ0) is 19.4. The first-order valence-corrected chi connectivity index (χ1v) is 10.8. The Hall–Kier alpha value is -1.57. The maximum absolute atomic E-state index is 12.8. The fourth-order valence-electron chi connectivity index (χ4n) is 3.34. The van der Waals surface area contributed by atoms with Crippen LogP contribution in [-0.4, -0.2) is 63.5 Å². The maximum atomic E-state index is 12.8. The van der Waals surface area contributed by atoms with E-state index >= 15 is 0 Å². The molecular weight excluding hydrogens is 382 g/mol. The van der Waals surface area contributed by atoms with Gasteiger partial charge in [-0.25, -0.2) is 0 Å². The van der Waals surface area contributed by atoms with Gasteiger partial charge >= 0.3 is 0 Å². The van der Waals surface area contributed by atoms with Gasteiger partial charge in [-0.05, 0) is 45.0 Å². The summed E-state index contributed by atoms with van der Waals surface area (Å²) in [6.45, 7) is 11.8. The van der Waals surface area contributed by atoms with E-state index in [-0.39, 0.29) is 11.2 Å². The van der Waals surface area contributed by atoms with Gasteiger partial charge in [-0.2, -0.15) is 0 Å². The van der Waals surface area contributed by atoms with Crippen molar-refractivity contribution in [2.45, 2.75) is 37.7 Å². The smallest absolute Gasteiger partial charge is 0.236 e. The van der Waals surface area contributed by atoms with E-state index in [1.54, 1.807) is 4.90 Å². The predicted molar refractivity (Wildman–Crippen MR) is 109 cm³/mol. The van der Waals surface area contributed by atoms with E-state index in [0.29, 0.717) is 5.02 Å². The Morgan fingerprint density at radius 2 is 1.89 bits per heavy atom. The van der Waals surface area contributed by atoms with Gasteiger partial charge in [0.15, 0.2) is 11.0 Å². The number of halogens is 1. The van der Waals surface area contributed by atoms with Gasteiger partial charge in [0, 0.05) is 17.1 Å². The van der Waals surface area contributed by atoms with Crippen molar-refractivity contribution >= 4 is 29.3 Å². The molecule has 1 aromatic heterocycles. The molecule has 0 unspecified atom stereocenters. The molecule has 8 heteroatoms. The zero-order valence-corrected chi connectivity index (χ0v) is 17.7. The summed E-state index contributed by atoms with van der Waals surface area (Å²) in [4.78, 5) is 16.4. The molecule has 1 aromatic carbocycles. The molecule has 27 heavy (non-hydrogen) atoms. The summed E-state index contributed by atoms with van der Waals surface area (Å²) < 4.78 is 2.05. The summed E-state index contributed by atoms with van der Waals surface area (Å²) in [6, 6.07) is 7.58. The lowest BCUT2D eigenvalue weighted by molar-refractivity contribution is -0.902. The number of nitrogens with one attached hydrogen (secondary N) is 1. The highest BCUT2D eigenvalue weighted by atomic mass is 35.5. The summed E-state index contributed by atoms with van der Waals surface area (Å²) in [7, 11) is 0. The summed E-state index contributed by atoms with van der Waals surface area (Å²) >= 11 is 7.47. The van der Waals surface area contributed by atoms with Crippen LogP contribution in [0.4, 0.5) is 0 Å². The van der Waals surface area contributed by atoms with Gasteiger partial charge in [-0.3, -0.25) is 4.79 Å². The fraction of sp³-hybridized carbons (Fsp3) is 0.526. The number of carbonyl (C=O) groups excluding carboxylic acids is 1. The van der Waals surface area contributed by atoms with E-state index in [2.05, 4.69) is 28.6 Å². The van der Waals surface area contributed by atoms with Crippen LogP contribution in [0.2, 0.25) is 5.02 Å². The predicted octanol–water partition coefficient (Wildman–Crippen LogP) is 1.85. The van der Waals surface area contributed by atoms with Crippen LogP contribution >= 0.6 is 23.4 Å². The van der Waals surface area contributed by atoms with Crippen LogP contribution in [0.5, 0.6) is 0 Å². The highest BCUT2D eigenvalue weighted by Gasteiger charge is 2.28. The van der Waals surface area contributed by atoms with Gasteiger partial charge in [0.2, 0.25) is 5.91 Å².